The van der Waals surface area contributed by atoms with Crippen LogP contribution in [-0.4, -0.2) is 30.1 Å². The van der Waals surface area contributed by atoms with E-state index in [0.717, 1.165) is 11.7 Å². The first-order valence-corrected chi connectivity index (χ1v) is 5.44. The summed E-state index contributed by atoms with van der Waals surface area (Å²) in [6.07, 6.45) is 0. The molecule has 0 aliphatic heterocycles. The molecule has 1 rings (SSSR count). The van der Waals surface area contributed by atoms with Crippen LogP contribution >= 0.6 is 11.6 Å². The van der Waals surface area contributed by atoms with E-state index in [-0.39, 0.29) is 5.41 Å². The first kappa shape index (κ1) is 12.9. The van der Waals surface area contributed by atoms with Gasteiger partial charge in [0.1, 0.15) is 5.84 Å². The number of anilines is 1. The van der Waals surface area contributed by atoms with Crippen LogP contribution in [-0.2, 0) is 0 Å². The van der Waals surface area contributed by atoms with Crippen molar-refractivity contribution in [3.05, 3.63) is 17.3 Å². The summed E-state index contributed by atoms with van der Waals surface area (Å²) in [6.45, 7) is 6.32. The predicted molar refractivity (Wildman–Crippen MR) is 68.3 cm³/mol. The first-order chi connectivity index (χ1) is 7.36. The molecule has 1 aromatic rings. The predicted octanol–water partition coefficient (Wildman–Crippen LogP) is 2.64. The molecule has 0 aliphatic carbocycles. The van der Waals surface area contributed by atoms with Crippen molar-refractivity contribution < 1.29 is 0 Å². The summed E-state index contributed by atoms with van der Waals surface area (Å²) in [4.78, 5) is 6.22. The van der Waals surface area contributed by atoms with Gasteiger partial charge in [0, 0.05) is 19.5 Å². The van der Waals surface area contributed by atoms with E-state index < -0.39 is 0 Å². The lowest BCUT2D eigenvalue weighted by Crippen LogP contribution is -2.37. The maximum Gasteiger partial charge on any atom is 0.156 e. The minimum absolute atomic E-state index is 0.0369. The highest BCUT2D eigenvalue weighted by molar-refractivity contribution is 6.29. The van der Waals surface area contributed by atoms with Crippen LogP contribution in [0.5, 0.6) is 0 Å². The van der Waals surface area contributed by atoms with Gasteiger partial charge in [0.2, 0.25) is 0 Å². The van der Waals surface area contributed by atoms with Gasteiger partial charge >= 0.3 is 0 Å². The third-order valence-electron chi connectivity index (χ3n) is 2.16. The lowest BCUT2D eigenvalue weighted by atomic mass is 9.94. The molecule has 0 unspecified atom stereocenters. The second-order valence-electron chi connectivity index (χ2n) is 4.57. The average Bonchev–Trinajstić information content (AvgIpc) is 2.17. The quantitative estimate of drug-likeness (QED) is 0.560. The topological polar surface area (TPSA) is 41.4 Å². The van der Waals surface area contributed by atoms with Gasteiger partial charge in [0.05, 0.1) is 0 Å². The summed E-state index contributed by atoms with van der Waals surface area (Å²) >= 11 is 5.70. The fourth-order valence-electron chi connectivity index (χ4n) is 1.58. The molecule has 0 bridgehead atoms. The van der Waals surface area contributed by atoms with Crippen molar-refractivity contribution in [2.75, 3.05) is 19.0 Å². The second-order valence-corrected chi connectivity index (χ2v) is 4.96. The summed E-state index contributed by atoms with van der Waals surface area (Å²) in [5, 5.41) is 8.23. The number of aromatic nitrogens is 2. The molecule has 0 amide bonds. The average molecular weight is 241 g/mol. The van der Waals surface area contributed by atoms with Crippen molar-refractivity contribution in [3.8, 4) is 0 Å². The van der Waals surface area contributed by atoms with Crippen LogP contribution in [0.2, 0.25) is 5.15 Å². The van der Waals surface area contributed by atoms with Gasteiger partial charge in [-0.15, -0.1) is 10.2 Å². The fourth-order valence-corrected chi connectivity index (χ4v) is 1.69. The van der Waals surface area contributed by atoms with Crippen LogP contribution < -0.4 is 4.90 Å². The van der Waals surface area contributed by atoms with Gasteiger partial charge in [-0.2, -0.15) is 0 Å². The fraction of sp³-hybridized carbons (Fsp3) is 0.545. The summed E-state index contributed by atoms with van der Waals surface area (Å²) in [5.74, 6) is 1.68. The van der Waals surface area contributed by atoms with Gasteiger partial charge in [-0.05, 0) is 12.1 Å². The molecular weight excluding hydrogens is 224 g/mol. The Kier molecular flexibility index (Phi) is 3.86. The molecule has 0 radical (unpaired) electrons. The zero-order valence-electron chi connectivity index (χ0n) is 10.3. The van der Waals surface area contributed by atoms with E-state index in [4.69, 9.17) is 11.6 Å². The Labute approximate surface area is 101 Å². The van der Waals surface area contributed by atoms with Gasteiger partial charge in [-0.1, -0.05) is 32.4 Å². The molecular formula is C11H17ClN4. The number of hydrogen-bond donors (Lipinski definition) is 0. The number of aliphatic imine (C=N–C) groups is 1. The van der Waals surface area contributed by atoms with E-state index in [1.165, 1.54) is 0 Å². The van der Waals surface area contributed by atoms with Crippen LogP contribution in [0, 0.1) is 5.41 Å². The molecule has 0 aliphatic rings. The standard InChI is InChI=1S/C11H17ClN4/c1-11(2,3)10(13-4)16(5)9-7-6-8(12)14-15-9/h6-7H,1-5H3. The van der Waals surface area contributed by atoms with E-state index in [9.17, 15) is 0 Å². The first-order valence-electron chi connectivity index (χ1n) is 5.06. The third-order valence-corrected chi connectivity index (χ3v) is 2.36. The summed E-state index contributed by atoms with van der Waals surface area (Å²) in [5.41, 5.74) is -0.0369. The SMILES string of the molecule is CN=C(N(C)c1ccc(Cl)nn1)C(C)(C)C. The van der Waals surface area contributed by atoms with Crippen molar-refractivity contribution in [1.82, 2.24) is 10.2 Å². The van der Waals surface area contributed by atoms with Gasteiger partial charge < -0.3 is 4.90 Å². The Bertz CT molecular complexity index is 378. The molecule has 0 N–H and O–H groups in total. The summed E-state index contributed by atoms with van der Waals surface area (Å²) < 4.78 is 0. The maximum absolute atomic E-state index is 5.70. The molecule has 0 spiro atoms. The highest BCUT2D eigenvalue weighted by atomic mass is 35.5. The number of halogens is 1. The van der Waals surface area contributed by atoms with Crippen molar-refractivity contribution >= 4 is 23.3 Å². The lowest BCUT2D eigenvalue weighted by molar-refractivity contribution is 0.578. The third kappa shape index (κ3) is 2.92. The Morgan fingerprint density at radius 3 is 2.31 bits per heavy atom. The monoisotopic (exact) mass is 240 g/mol. The van der Waals surface area contributed by atoms with Crippen LogP contribution in [0.25, 0.3) is 0 Å². The van der Waals surface area contributed by atoms with E-state index in [0.29, 0.717) is 5.15 Å². The maximum atomic E-state index is 5.70. The van der Waals surface area contributed by atoms with Crippen LogP contribution in [0.4, 0.5) is 5.82 Å². The Hall–Kier alpha value is -1.16. The molecule has 4 nitrogen and oxygen atoms in total. The van der Waals surface area contributed by atoms with Gasteiger partial charge in [-0.3, -0.25) is 4.99 Å². The van der Waals surface area contributed by atoms with Crippen molar-refractivity contribution in [2.45, 2.75) is 20.8 Å². The highest BCUT2D eigenvalue weighted by Gasteiger charge is 2.23. The van der Waals surface area contributed by atoms with E-state index in [2.05, 4.69) is 36.0 Å². The van der Waals surface area contributed by atoms with E-state index >= 15 is 0 Å². The number of amidine groups is 1. The Balaban J connectivity index is 3.01. The number of hydrogen-bond acceptors (Lipinski definition) is 3. The zero-order valence-corrected chi connectivity index (χ0v) is 11.1. The Morgan fingerprint density at radius 2 is 1.94 bits per heavy atom. The molecule has 0 saturated heterocycles. The molecule has 0 fully saturated rings. The second kappa shape index (κ2) is 4.78. The molecule has 1 aromatic heterocycles. The largest absolute Gasteiger partial charge is 0.316 e. The molecule has 0 saturated carbocycles. The van der Waals surface area contributed by atoms with Crippen LogP contribution in [0.1, 0.15) is 20.8 Å². The molecule has 1 heterocycles. The minimum Gasteiger partial charge on any atom is -0.316 e. The number of rotatable bonds is 1. The summed E-state index contributed by atoms with van der Waals surface area (Å²) in [7, 11) is 3.70. The molecule has 88 valence electrons. The van der Waals surface area contributed by atoms with Crippen molar-refractivity contribution in [2.24, 2.45) is 10.4 Å². The lowest BCUT2D eigenvalue weighted by Gasteiger charge is -2.29. The Morgan fingerprint density at radius 1 is 1.31 bits per heavy atom. The molecule has 16 heavy (non-hydrogen) atoms. The summed E-state index contributed by atoms with van der Waals surface area (Å²) in [6, 6.07) is 3.54. The van der Waals surface area contributed by atoms with E-state index in [1.807, 2.05) is 18.0 Å². The van der Waals surface area contributed by atoms with Crippen molar-refractivity contribution in [1.29, 1.82) is 0 Å². The number of nitrogens with zero attached hydrogens (tertiary/aromatic N) is 4. The normalized spacial score (nSPS) is 12.8. The zero-order chi connectivity index (χ0) is 12.3. The van der Waals surface area contributed by atoms with Crippen molar-refractivity contribution in [3.63, 3.8) is 0 Å². The van der Waals surface area contributed by atoms with Gasteiger partial charge in [0.25, 0.3) is 0 Å². The van der Waals surface area contributed by atoms with Gasteiger partial charge in [0.15, 0.2) is 11.0 Å². The highest BCUT2D eigenvalue weighted by Crippen LogP contribution is 2.21. The smallest absolute Gasteiger partial charge is 0.156 e. The van der Waals surface area contributed by atoms with Crippen LogP contribution in [0.3, 0.4) is 0 Å². The molecule has 0 aromatic carbocycles. The van der Waals surface area contributed by atoms with E-state index in [1.54, 1.807) is 13.1 Å². The molecule has 5 heteroatoms. The molecule has 0 atom stereocenters. The minimum atomic E-state index is -0.0369. The van der Waals surface area contributed by atoms with Crippen LogP contribution in [0.15, 0.2) is 17.1 Å². The van der Waals surface area contributed by atoms with Gasteiger partial charge in [-0.25, -0.2) is 0 Å².